The molecule has 0 bridgehead atoms. The van der Waals surface area contributed by atoms with E-state index >= 15 is 0 Å². The lowest BCUT2D eigenvalue weighted by molar-refractivity contribution is 0.280. The van der Waals surface area contributed by atoms with Crippen molar-refractivity contribution in [3.05, 3.63) is 29.3 Å². The minimum absolute atomic E-state index is 0.517. The number of rotatable bonds is 1. The van der Waals surface area contributed by atoms with Crippen LogP contribution < -0.4 is 4.90 Å². The summed E-state index contributed by atoms with van der Waals surface area (Å²) in [5.41, 5.74) is 1.82. The Kier molecular flexibility index (Phi) is 2.92. The summed E-state index contributed by atoms with van der Waals surface area (Å²) in [6.45, 7) is 7.03. The van der Waals surface area contributed by atoms with Crippen molar-refractivity contribution in [1.82, 2.24) is 0 Å². The lowest BCUT2D eigenvalue weighted by atomic mass is 9.82. The Morgan fingerprint density at radius 1 is 1.07 bits per heavy atom. The van der Waals surface area contributed by atoms with Crippen molar-refractivity contribution in [1.29, 1.82) is 0 Å². The van der Waals surface area contributed by atoms with Crippen LogP contribution in [0.3, 0.4) is 0 Å². The van der Waals surface area contributed by atoms with E-state index in [1.807, 2.05) is 12.1 Å². The molecule has 0 atom stereocenters. The first-order chi connectivity index (χ1) is 7.07. The van der Waals surface area contributed by atoms with E-state index in [2.05, 4.69) is 30.9 Å². The Morgan fingerprint density at radius 3 is 2.13 bits per heavy atom. The second-order valence-corrected chi connectivity index (χ2v) is 5.56. The van der Waals surface area contributed by atoms with Gasteiger partial charge in [0, 0.05) is 23.8 Å². The van der Waals surface area contributed by atoms with E-state index in [4.69, 9.17) is 11.6 Å². The third kappa shape index (κ3) is 2.66. The van der Waals surface area contributed by atoms with E-state index < -0.39 is 0 Å². The zero-order chi connectivity index (χ0) is 10.9. The number of hydrogen-bond acceptors (Lipinski definition) is 1. The van der Waals surface area contributed by atoms with E-state index in [0.29, 0.717) is 5.41 Å². The van der Waals surface area contributed by atoms with Gasteiger partial charge in [0.05, 0.1) is 0 Å². The van der Waals surface area contributed by atoms with Crippen molar-refractivity contribution in [3.63, 3.8) is 0 Å². The molecule has 0 N–H and O–H groups in total. The average molecular weight is 224 g/mol. The van der Waals surface area contributed by atoms with Crippen molar-refractivity contribution in [2.75, 3.05) is 18.0 Å². The number of nitrogens with zero attached hydrogens (tertiary/aromatic N) is 1. The van der Waals surface area contributed by atoms with Gasteiger partial charge in [-0.15, -0.1) is 0 Å². The molecule has 0 saturated carbocycles. The van der Waals surface area contributed by atoms with E-state index in [9.17, 15) is 0 Å². The van der Waals surface area contributed by atoms with Gasteiger partial charge in [0.25, 0.3) is 0 Å². The molecule has 1 heterocycles. The summed E-state index contributed by atoms with van der Waals surface area (Å²) in [4.78, 5) is 2.45. The Balaban J connectivity index is 2.04. The first kappa shape index (κ1) is 10.8. The van der Waals surface area contributed by atoms with Crippen LogP contribution in [0.25, 0.3) is 0 Å². The van der Waals surface area contributed by atoms with Gasteiger partial charge < -0.3 is 4.90 Å². The van der Waals surface area contributed by atoms with Crippen LogP contribution in [0.2, 0.25) is 5.02 Å². The van der Waals surface area contributed by atoms with Crippen LogP contribution in [0.15, 0.2) is 24.3 Å². The van der Waals surface area contributed by atoms with Crippen LogP contribution in [0.5, 0.6) is 0 Å². The van der Waals surface area contributed by atoms with Gasteiger partial charge in [-0.3, -0.25) is 0 Å². The van der Waals surface area contributed by atoms with Crippen LogP contribution in [-0.2, 0) is 0 Å². The van der Waals surface area contributed by atoms with Crippen molar-refractivity contribution < 1.29 is 0 Å². The molecule has 82 valence electrons. The van der Waals surface area contributed by atoms with Gasteiger partial charge in [-0.05, 0) is 42.5 Å². The average Bonchev–Trinajstić information content (AvgIpc) is 2.20. The highest BCUT2D eigenvalue weighted by atomic mass is 35.5. The van der Waals surface area contributed by atoms with Crippen molar-refractivity contribution >= 4 is 17.3 Å². The number of hydrogen-bond donors (Lipinski definition) is 0. The quantitative estimate of drug-likeness (QED) is 0.697. The number of benzene rings is 1. The molecule has 1 aliphatic heterocycles. The predicted octanol–water partition coefficient (Wildman–Crippen LogP) is 3.97. The maximum atomic E-state index is 5.88. The molecular formula is C13H18ClN. The van der Waals surface area contributed by atoms with Crippen LogP contribution in [-0.4, -0.2) is 13.1 Å². The second-order valence-electron chi connectivity index (χ2n) is 5.13. The maximum absolute atomic E-state index is 5.88. The third-order valence-corrected chi connectivity index (χ3v) is 3.56. The predicted molar refractivity (Wildman–Crippen MR) is 66.7 cm³/mol. The highest BCUT2D eigenvalue weighted by Gasteiger charge is 2.25. The van der Waals surface area contributed by atoms with Gasteiger partial charge in [0.2, 0.25) is 0 Å². The molecule has 1 aliphatic rings. The molecule has 0 amide bonds. The van der Waals surface area contributed by atoms with Crippen LogP contribution in [0.1, 0.15) is 26.7 Å². The van der Waals surface area contributed by atoms with Crippen LogP contribution in [0, 0.1) is 5.41 Å². The summed E-state index contributed by atoms with van der Waals surface area (Å²) in [5, 5.41) is 0.816. The Bertz CT molecular complexity index is 319. The minimum atomic E-state index is 0.517. The SMILES string of the molecule is CC1(C)CCN(c2ccc(Cl)cc2)CC1. The minimum Gasteiger partial charge on any atom is -0.371 e. The topological polar surface area (TPSA) is 3.24 Å². The fourth-order valence-electron chi connectivity index (χ4n) is 2.02. The number of anilines is 1. The van der Waals surface area contributed by atoms with Gasteiger partial charge in [-0.25, -0.2) is 0 Å². The first-order valence-corrected chi connectivity index (χ1v) is 5.95. The molecule has 15 heavy (non-hydrogen) atoms. The molecule has 1 saturated heterocycles. The molecule has 0 radical (unpaired) electrons. The lowest BCUT2D eigenvalue weighted by Gasteiger charge is -2.38. The van der Waals surface area contributed by atoms with E-state index in [-0.39, 0.29) is 0 Å². The molecule has 0 aromatic heterocycles. The Labute approximate surface area is 97.0 Å². The summed E-state index contributed by atoms with van der Waals surface area (Å²) in [7, 11) is 0. The zero-order valence-electron chi connectivity index (χ0n) is 9.46. The first-order valence-electron chi connectivity index (χ1n) is 5.57. The molecule has 0 spiro atoms. The van der Waals surface area contributed by atoms with Gasteiger partial charge in [-0.1, -0.05) is 25.4 Å². The maximum Gasteiger partial charge on any atom is 0.0407 e. The van der Waals surface area contributed by atoms with Gasteiger partial charge >= 0.3 is 0 Å². The smallest absolute Gasteiger partial charge is 0.0407 e. The molecule has 0 aliphatic carbocycles. The second kappa shape index (κ2) is 4.05. The molecule has 2 rings (SSSR count). The van der Waals surface area contributed by atoms with Crippen LogP contribution in [0.4, 0.5) is 5.69 Å². The van der Waals surface area contributed by atoms with Gasteiger partial charge in [0.15, 0.2) is 0 Å². The standard InChI is InChI=1S/C13H18ClN/c1-13(2)7-9-15(10-8-13)12-5-3-11(14)4-6-12/h3-6H,7-10H2,1-2H3. The molecule has 0 unspecified atom stereocenters. The van der Waals surface area contributed by atoms with Crippen LogP contribution >= 0.6 is 11.6 Å². The fraction of sp³-hybridized carbons (Fsp3) is 0.538. The molecular weight excluding hydrogens is 206 g/mol. The molecule has 1 fully saturated rings. The highest BCUT2D eigenvalue weighted by Crippen LogP contribution is 2.32. The molecule has 1 aromatic carbocycles. The number of piperidine rings is 1. The summed E-state index contributed by atoms with van der Waals surface area (Å²) < 4.78 is 0. The molecule has 1 nitrogen and oxygen atoms in total. The zero-order valence-corrected chi connectivity index (χ0v) is 10.2. The van der Waals surface area contributed by atoms with Crippen molar-refractivity contribution in [2.24, 2.45) is 5.41 Å². The van der Waals surface area contributed by atoms with Gasteiger partial charge in [-0.2, -0.15) is 0 Å². The van der Waals surface area contributed by atoms with Crippen molar-refractivity contribution in [2.45, 2.75) is 26.7 Å². The fourth-order valence-corrected chi connectivity index (χ4v) is 2.15. The molecule has 2 heteroatoms. The molecule has 1 aromatic rings. The van der Waals surface area contributed by atoms with Crippen molar-refractivity contribution in [3.8, 4) is 0 Å². The monoisotopic (exact) mass is 223 g/mol. The van der Waals surface area contributed by atoms with E-state index in [1.165, 1.54) is 18.5 Å². The Morgan fingerprint density at radius 2 is 1.60 bits per heavy atom. The van der Waals surface area contributed by atoms with Gasteiger partial charge in [0.1, 0.15) is 0 Å². The lowest BCUT2D eigenvalue weighted by Crippen LogP contribution is -2.37. The summed E-state index contributed by atoms with van der Waals surface area (Å²) >= 11 is 5.88. The van der Waals surface area contributed by atoms with E-state index in [0.717, 1.165) is 18.1 Å². The number of halogens is 1. The highest BCUT2D eigenvalue weighted by molar-refractivity contribution is 6.30. The van der Waals surface area contributed by atoms with E-state index in [1.54, 1.807) is 0 Å². The third-order valence-electron chi connectivity index (χ3n) is 3.31. The largest absolute Gasteiger partial charge is 0.371 e. The summed E-state index contributed by atoms with van der Waals surface area (Å²) in [5.74, 6) is 0. The normalized spacial score (nSPS) is 20.3. The summed E-state index contributed by atoms with van der Waals surface area (Å²) in [6.07, 6.45) is 2.55. The summed E-state index contributed by atoms with van der Waals surface area (Å²) in [6, 6.07) is 8.16. The Hall–Kier alpha value is -0.690.